The fourth-order valence-electron chi connectivity index (χ4n) is 4.31. The van der Waals surface area contributed by atoms with Gasteiger partial charge in [-0.15, -0.1) is 11.3 Å². The molecule has 0 aliphatic heterocycles. The fourth-order valence-corrected chi connectivity index (χ4v) is 5.33. The quantitative estimate of drug-likeness (QED) is 0.212. The summed E-state index contributed by atoms with van der Waals surface area (Å²) in [6.07, 6.45) is -1.17. The molecular weight excluding hydrogens is 569 g/mol. The molecule has 7 nitrogen and oxygen atoms in total. The molecule has 0 saturated carbocycles. The Morgan fingerprint density at radius 1 is 0.975 bits per heavy atom. The number of nitrogens with one attached hydrogen (secondary N) is 1. The summed E-state index contributed by atoms with van der Waals surface area (Å²) < 4.78 is 6.87. The average molecular weight is 593 g/mol. The van der Waals surface area contributed by atoms with E-state index in [0.717, 1.165) is 16.7 Å². The number of carbonyl (C=O) groups excluding carboxylic acids is 2. The van der Waals surface area contributed by atoms with Crippen molar-refractivity contribution in [1.82, 2.24) is 9.55 Å². The summed E-state index contributed by atoms with van der Waals surface area (Å²) in [5.74, 6) is -1.36. The van der Waals surface area contributed by atoms with E-state index in [4.69, 9.17) is 27.9 Å². The zero-order valence-electron chi connectivity index (χ0n) is 21.7. The predicted molar refractivity (Wildman–Crippen MR) is 160 cm³/mol. The number of ether oxygens (including phenoxy) is 1. The number of hydrogen-bond acceptors (Lipinski definition) is 6. The van der Waals surface area contributed by atoms with Crippen LogP contribution < -0.4 is 10.9 Å². The van der Waals surface area contributed by atoms with Gasteiger partial charge in [0.05, 0.1) is 15.7 Å². The van der Waals surface area contributed by atoms with E-state index in [9.17, 15) is 14.4 Å². The molecule has 10 heteroatoms. The lowest BCUT2D eigenvalue weighted by atomic mass is 9.96. The smallest absolute Gasteiger partial charge is 0.356 e. The zero-order chi connectivity index (χ0) is 28.6. The Kier molecular flexibility index (Phi) is 7.76. The van der Waals surface area contributed by atoms with Crippen molar-refractivity contribution in [3.05, 3.63) is 104 Å². The average Bonchev–Trinajstić information content (AvgIpc) is 3.41. The molecule has 40 heavy (non-hydrogen) atoms. The monoisotopic (exact) mass is 591 g/mol. The fraction of sp³-hybridized carbons (Fsp3) is 0.133. The van der Waals surface area contributed by atoms with Gasteiger partial charge in [0.1, 0.15) is 5.69 Å². The lowest BCUT2D eigenvalue weighted by Crippen LogP contribution is -2.32. The van der Waals surface area contributed by atoms with Gasteiger partial charge in [0, 0.05) is 28.9 Å². The van der Waals surface area contributed by atoms with Gasteiger partial charge in [0.2, 0.25) is 0 Å². The maximum absolute atomic E-state index is 13.5. The molecular formula is C30H23Cl2N3O4S. The second-order valence-corrected chi connectivity index (χ2v) is 10.9. The highest BCUT2D eigenvalue weighted by atomic mass is 35.5. The van der Waals surface area contributed by atoms with Crippen molar-refractivity contribution in [3.63, 3.8) is 0 Å². The van der Waals surface area contributed by atoms with Crippen LogP contribution in [0.4, 0.5) is 5.13 Å². The van der Waals surface area contributed by atoms with Gasteiger partial charge in [0.25, 0.3) is 11.5 Å². The first-order valence-corrected chi connectivity index (χ1v) is 13.9. The Bertz CT molecular complexity index is 1830. The molecule has 0 aliphatic rings. The lowest BCUT2D eigenvalue weighted by Gasteiger charge is -2.19. The Morgan fingerprint density at radius 3 is 2.35 bits per heavy atom. The topological polar surface area (TPSA) is 90.3 Å². The number of aryl methyl sites for hydroxylation is 1. The molecule has 2 aromatic heterocycles. The van der Waals surface area contributed by atoms with E-state index < -0.39 is 18.0 Å². The molecule has 3 aromatic carbocycles. The number of halogens is 2. The molecule has 1 amide bonds. The van der Waals surface area contributed by atoms with E-state index in [1.54, 1.807) is 41.8 Å². The summed E-state index contributed by atoms with van der Waals surface area (Å²) in [5, 5.41) is 6.70. The minimum Gasteiger partial charge on any atom is -0.448 e. The minimum absolute atomic E-state index is 0.0587. The Morgan fingerprint density at radius 2 is 1.65 bits per heavy atom. The number of nitrogens with zero attached hydrogens (tertiary/aromatic N) is 2. The van der Waals surface area contributed by atoms with E-state index in [1.165, 1.54) is 29.9 Å². The van der Waals surface area contributed by atoms with Crippen LogP contribution in [0.3, 0.4) is 0 Å². The Labute approximate surface area is 244 Å². The van der Waals surface area contributed by atoms with Gasteiger partial charge in [-0.1, -0.05) is 77.3 Å². The number of esters is 1. The first-order valence-electron chi connectivity index (χ1n) is 12.3. The zero-order valence-corrected chi connectivity index (χ0v) is 24.0. The molecule has 0 aliphatic carbocycles. The van der Waals surface area contributed by atoms with Gasteiger partial charge < -0.3 is 9.30 Å². The number of thiazole rings is 1. The minimum atomic E-state index is -1.17. The van der Waals surface area contributed by atoms with Crippen molar-refractivity contribution < 1.29 is 14.3 Å². The highest BCUT2D eigenvalue weighted by molar-refractivity contribution is 7.14. The van der Waals surface area contributed by atoms with Crippen molar-refractivity contribution in [1.29, 1.82) is 0 Å². The largest absolute Gasteiger partial charge is 0.448 e. The number of aromatic nitrogens is 2. The van der Waals surface area contributed by atoms with E-state index in [1.807, 2.05) is 37.3 Å². The van der Waals surface area contributed by atoms with Gasteiger partial charge in [-0.25, -0.2) is 9.78 Å². The summed E-state index contributed by atoms with van der Waals surface area (Å²) in [5.41, 5.74) is 3.43. The maximum atomic E-state index is 13.5. The van der Waals surface area contributed by atoms with Crippen LogP contribution in [0, 0.1) is 6.92 Å². The van der Waals surface area contributed by atoms with Crippen LogP contribution in [0.25, 0.3) is 33.2 Å². The third-order valence-electron chi connectivity index (χ3n) is 6.44. The second kappa shape index (κ2) is 11.3. The van der Waals surface area contributed by atoms with Gasteiger partial charge in [-0.2, -0.15) is 0 Å². The van der Waals surface area contributed by atoms with E-state index in [0.29, 0.717) is 37.2 Å². The van der Waals surface area contributed by atoms with Crippen molar-refractivity contribution in [2.24, 2.45) is 7.05 Å². The van der Waals surface area contributed by atoms with Crippen LogP contribution in [0.2, 0.25) is 10.0 Å². The second-order valence-electron chi connectivity index (χ2n) is 9.20. The highest BCUT2D eigenvalue weighted by Gasteiger charge is 2.27. The molecule has 202 valence electrons. The van der Waals surface area contributed by atoms with Crippen LogP contribution in [-0.2, 0) is 16.6 Å². The molecule has 0 bridgehead atoms. The molecule has 0 fully saturated rings. The molecule has 1 atom stereocenters. The summed E-state index contributed by atoms with van der Waals surface area (Å²) in [4.78, 5) is 44.1. The summed E-state index contributed by atoms with van der Waals surface area (Å²) in [6.45, 7) is 3.43. The first-order chi connectivity index (χ1) is 19.1. The number of hydrogen-bond donors (Lipinski definition) is 1. The Balaban J connectivity index is 1.42. The van der Waals surface area contributed by atoms with Crippen LogP contribution in [0.15, 0.2) is 76.9 Å². The molecule has 0 radical (unpaired) electrons. The number of amides is 1. The number of fused-ring (bicyclic) bond motifs is 1. The standard InChI is InChI=1S/C30H23Cl2N3O4S/c1-16-8-10-18(11-9-16)25-20-6-4-5-7-21(20)28(37)35(3)26(25)29(38)39-17(2)27(36)34-30-33-24(15-40-30)19-12-13-22(31)23(32)14-19/h4-15,17H,1-3H3,(H,33,34,36). The van der Waals surface area contributed by atoms with E-state index >= 15 is 0 Å². The normalized spacial score (nSPS) is 11.8. The van der Waals surface area contributed by atoms with Gasteiger partial charge in [-0.05, 0) is 43.0 Å². The molecule has 5 aromatic rings. The number of pyridine rings is 1. The molecule has 1 unspecified atom stereocenters. The molecule has 0 saturated heterocycles. The van der Waals surface area contributed by atoms with Gasteiger partial charge >= 0.3 is 5.97 Å². The van der Waals surface area contributed by atoms with Crippen LogP contribution in [0.5, 0.6) is 0 Å². The van der Waals surface area contributed by atoms with Crippen molar-refractivity contribution in [3.8, 4) is 22.4 Å². The summed E-state index contributed by atoms with van der Waals surface area (Å²) in [6, 6.07) is 19.9. The third kappa shape index (κ3) is 5.38. The third-order valence-corrected chi connectivity index (χ3v) is 7.94. The van der Waals surface area contributed by atoms with Gasteiger partial charge in [0.15, 0.2) is 11.2 Å². The van der Waals surface area contributed by atoms with Crippen molar-refractivity contribution in [2.75, 3.05) is 5.32 Å². The van der Waals surface area contributed by atoms with E-state index in [-0.39, 0.29) is 11.3 Å². The number of carbonyl (C=O) groups is 2. The Hall–Kier alpha value is -3.98. The van der Waals surface area contributed by atoms with Crippen LogP contribution in [0.1, 0.15) is 23.0 Å². The first kappa shape index (κ1) is 27.6. The van der Waals surface area contributed by atoms with Crippen LogP contribution in [-0.4, -0.2) is 27.5 Å². The lowest BCUT2D eigenvalue weighted by molar-refractivity contribution is -0.123. The van der Waals surface area contributed by atoms with Gasteiger partial charge in [-0.3, -0.25) is 14.9 Å². The molecule has 2 heterocycles. The molecule has 1 N–H and O–H groups in total. The maximum Gasteiger partial charge on any atom is 0.356 e. The number of rotatable bonds is 6. The highest BCUT2D eigenvalue weighted by Crippen LogP contribution is 2.32. The SMILES string of the molecule is Cc1ccc(-c2c(C(=O)OC(C)C(=O)Nc3nc(-c4ccc(Cl)c(Cl)c4)cs3)n(C)c(=O)c3ccccc23)cc1. The van der Waals surface area contributed by atoms with Crippen molar-refractivity contribution in [2.45, 2.75) is 20.0 Å². The molecule has 0 spiro atoms. The van der Waals surface area contributed by atoms with Crippen molar-refractivity contribution >= 4 is 62.3 Å². The van der Waals surface area contributed by atoms with Crippen LogP contribution >= 0.6 is 34.5 Å². The predicted octanol–water partition coefficient (Wildman–Crippen LogP) is 7.13. The summed E-state index contributed by atoms with van der Waals surface area (Å²) in [7, 11) is 1.52. The molecule has 5 rings (SSSR count). The number of benzene rings is 3. The number of anilines is 1. The summed E-state index contributed by atoms with van der Waals surface area (Å²) >= 11 is 13.3. The van der Waals surface area contributed by atoms with E-state index in [2.05, 4.69) is 10.3 Å².